The van der Waals surface area contributed by atoms with Crippen LogP contribution < -0.4 is 0 Å². The van der Waals surface area contributed by atoms with Crippen LogP contribution in [-0.2, 0) is 19.1 Å². The predicted molar refractivity (Wildman–Crippen MR) is 74.9 cm³/mol. The first-order valence-corrected chi connectivity index (χ1v) is 6.28. The Balaban J connectivity index is 0. The molecule has 6 nitrogen and oxygen atoms in total. The molecule has 20 heavy (non-hydrogen) atoms. The van der Waals surface area contributed by atoms with Gasteiger partial charge >= 0.3 is 11.9 Å². The molecule has 0 saturated heterocycles. The number of hydrogen-bond acceptors (Lipinski definition) is 6. The van der Waals surface area contributed by atoms with Gasteiger partial charge in [0.05, 0.1) is 12.7 Å². The van der Waals surface area contributed by atoms with Crippen LogP contribution in [0.15, 0.2) is 25.3 Å². The number of hydrogen-bond donors (Lipinski definition) is 2. The van der Waals surface area contributed by atoms with Crippen molar-refractivity contribution in [2.75, 3.05) is 13.2 Å². The van der Waals surface area contributed by atoms with E-state index >= 15 is 0 Å². The standard InChI is InChI=1S/C10H14O4.C4H10O2/c1-4-9(11)13-7-6-8(3)14-10(12)5-2;1-4(6)2-3-5/h4-5,8H,1-2,6-7H2,3H3;4-6H,2-3H2,1H3. The van der Waals surface area contributed by atoms with Crippen LogP contribution in [0.3, 0.4) is 0 Å². The van der Waals surface area contributed by atoms with Crippen LogP contribution in [-0.4, -0.2) is 47.6 Å². The number of carbonyl (C=O) groups excluding carboxylic acids is 2. The third-order valence-electron chi connectivity index (χ3n) is 1.97. The van der Waals surface area contributed by atoms with Gasteiger partial charge in [-0.05, 0) is 20.3 Å². The van der Waals surface area contributed by atoms with Crippen LogP contribution in [0.25, 0.3) is 0 Å². The molecule has 0 saturated carbocycles. The highest BCUT2D eigenvalue weighted by Crippen LogP contribution is 1.99. The second-order valence-electron chi connectivity index (χ2n) is 3.97. The smallest absolute Gasteiger partial charge is 0.330 e. The van der Waals surface area contributed by atoms with Gasteiger partial charge in [-0.2, -0.15) is 0 Å². The van der Waals surface area contributed by atoms with Crippen molar-refractivity contribution in [3.05, 3.63) is 25.3 Å². The van der Waals surface area contributed by atoms with E-state index in [4.69, 9.17) is 19.7 Å². The Morgan fingerprint density at radius 1 is 1.15 bits per heavy atom. The highest BCUT2D eigenvalue weighted by Gasteiger charge is 2.06. The van der Waals surface area contributed by atoms with Crippen LogP contribution in [0.4, 0.5) is 0 Å². The number of aliphatic hydroxyl groups excluding tert-OH is 2. The predicted octanol–water partition coefficient (Wildman–Crippen LogP) is 0.973. The van der Waals surface area contributed by atoms with Gasteiger partial charge in [0.25, 0.3) is 0 Å². The highest BCUT2D eigenvalue weighted by atomic mass is 16.6. The summed E-state index contributed by atoms with van der Waals surface area (Å²) in [4.78, 5) is 21.3. The largest absolute Gasteiger partial charge is 0.462 e. The van der Waals surface area contributed by atoms with E-state index in [1.54, 1.807) is 13.8 Å². The molecule has 0 fully saturated rings. The van der Waals surface area contributed by atoms with Gasteiger partial charge < -0.3 is 19.7 Å². The third kappa shape index (κ3) is 16.3. The topological polar surface area (TPSA) is 93.1 Å². The summed E-state index contributed by atoms with van der Waals surface area (Å²) in [5.41, 5.74) is 0. The first-order valence-electron chi connectivity index (χ1n) is 6.28. The van der Waals surface area contributed by atoms with E-state index in [-0.39, 0.29) is 25.4 Å². The summed E-state index contributed by atoms with van der Waals surface area (Å²) >= 11 is 0. The van der Waals surface area contributed by atoms with Gasteiger partial charge in [-0.3, -0.25) is 0 Å². The van der Waals surface area contributed by atoms with Gasteiger partial charge in [0.15, 0.2) is 0 Å². The summed E-state index contributed by atoms with van der Waals surface area (Å²) in [6.07, 6.45) is 2.47. The fraction of sp³-hybridized carbons (Fsp3) is 0.571. The summed E-state index contributed by atoms with van der Waals surface area (Å²) < 4.78 is 9.54. The van der Waals surface area contributed by atoms with Crippen molar-refractivity contribution < 1.29 is 29.3 Å². The first-order chi connectivity index (χ1) is 9.37. The van der Waals surface area contributed by atoms with Gasteiger partial charge in [0.1, 0.15) is 6.10 Å². The molecule has 0 radical (unpaired) electrons. The molecule has 0 spiro atoms. The molecular weight excluding hydrogens is 264 g/mol. The van der Waals surface area contributed by atoms with Crippen molar-refractivity contribution in [2.45, 2.75) is 38.9 Å². The van der Waals surface area contributed by atoms with Crippen molar-refractivity contribution in [3.8, 4) is 0 Å². The van der Waals surface area contributed by atoms with E-state index in [1.165, 1.54) is 0 Å². The third-order valence-corrected chi connectivity index (χ3v) is 1.97. The molecule has 0 amide bonds. The average Bonchev–Trinajstić information content (AvgIpc) is 2.38. The van der Waals surface area contributed by atoms with E-state index in [9.17, 15) is 9.59 Å². The van der Waals surface area contributed by atoms with Crippen LogP contribution >= 0.6 is 0 Å². The highest BCUT2D eigenvalue weighted by molar-refractivity contribution is 5.81. The van der Waals surface area contributed by atoms with Crippen LogP contribution in [0.5, 0.6) is 0 Å². The van der Waals surface area contributed by atoms with E-state index in [0.29, 0.717) is 12.8 Å². The molecule has 2 atom stereocenters. The molecule has 0 aromatic carbocycles. The minimum absolute atomic E-state index is 0.0810. The molecule has 116 valence electrons. The molecule has 0 rings (SSSR count). The lowest BCUT2D eigenvalue weighted by Crippen LogP contribution is -2.16. The molecule has 0 aliphatic rings. The monoisotopic (exact) mass is 288 g/mol. The molecule has 2 N–H and O–H groups in total. The second-order valence-corrected chi connectivity index (χ2v) is 3.97. The second kappa shape index (κ2) is 13.8. The van der Waals surface area contributed by atoms with Gasteiger partial charge in [0.2, 0.25) is 0 Å². The maximum absolute atomic E-state index is 10.7. The fourth-order valence-corrected chi connectivity index (χ4v) is 0.877. The molecule has 0 aliphatic carbocycles. The lowest BCUT2D eigenvalue weighted by Gasteiger charge is -2.11. The van der Waals surface area contributed by atoms with Gasteiger partial charge in [-0.15, -0.1) is 0 Å². The SMILES string of the molecule is C=CC(=O)OCCC(C)OC(=O)C=C.CC(O)CCO. The molecule has 6 heteroatoms. The van der Waals surface area contributed by atoms with Crippen molar-refractivity contribution in [3.63, 3.8) is 0 Å². The van der Waals surface area contributed by atoms with Crippen molar-refractivity contribution in [2.24, 2.45) is 0 Å². The Labute approximate surface area is 119 Å². The minimum atomic E-state index is -0.479. The van der Waals surface area contributed by atoms with Gasteiger partial charge in [-0.25, -0.2) is 9.59 Å². The lowest BCUT2D eigenvalue weighted by molar-refractivity contribution is -0.144. The number of ether oxygens (including phenoxy) is 2. The molecule has 0 aromatic rings. The molecule has 2 unspecified atom stereocenters. The number of carbonyl (C=O) groups is 2. The molecular formula is C14H24O6. The summed E-state index contributed by atoms with van der Waals surface area (Å²) in [5.74, 6) is -0.959. The molecule has 0 bridgehead atoms. The quantitative estimate of drug-likeness (QED) is 0.511. The lowest BCUT2D eigenvalue weighted by atomic mass is 10.3. The zero-order chi connectivity index (χ0) is 16.0. The van der Waals surface area contributed by atoms with Gasteiger partial charge in [0, 0.05) is 25.2 Å². The summed E-state index contributed by atoms with van der Waals surface area (Å²) in [5, 5.41) is 16.5. The Hall–Kier alpha value is -1.66. The van der Waals surface area contributed by atoms with E-state index in [2.05, 4.69) is 13.2 Å². The maximum Gasteiger partial charge on any atom is 0.330 e. The number of aliphatic hydroxyl groups is 2. The number of esters is 2. The van der Waals surface area contributed by atoms with E-state index < -0.39 is 11.9 Å². The normalized spacial score (nSPS) is 12.2. The summed E-state index contributed by atoms with van der Waals surface area (Å²) in [6, 6.07) is 0. The van der Waals surface area contributed by atoms with Crippen LogP contribution in [0.1, 0.15) is 26.7 Å². The van der Waals surface area contributed by atoms with Crippen molar-refractivity contribution >= 4 is 11.9 Å². The summed E-state index contributed by atoms with van der Waals surface area (Å²) in [7, 11) is 0. The Morgan fingerprint density at radius 2 is 1.70 bits per heavy atom. The summed E-state index contributed by atoms with van der Waals surface area (Å²) in [6.45, 7) is 10.2. The van der Waals surface area contributed by atoms with Gasteiger partial charge in [-0.1, -0.05) is 13.2 Å². The zero-order valence-corrected chi connectivity index (χ0v) is 12.1. The zero-order valence-electron chi connectivity index (χ0n) is 12.1. The molecule has 0 heterocycles. The van der Waals surface area contributed by atoms with Crippen LogP contribution in [0, 0.1) is 0 Å². The maximum atomic E-state index is 10.7. The minimum Gasteiger partial charge on any atom is -0.462 e. The average molecular weight is 288 g/mol. The molecule has 0 aliphatic heterocycles. The van der Waals surface area contributed by atoms with Crippen molar-refractivity contribution in [1.29, 1.82) is 0 Å². The Morgan fingerprint density at radius 3 is 2.05 bits per heavy atom. The first kappa shape index (κ1) is 20.7. The fourth-order valence-electron chi connectivity index (χ4n) is 0.877. The molecule has 0 aromatic heterocycles. The Bertz CT molecular complexity index is 298. The van der Waals surface area contributed by atoms with Crippen molar-refractivity contribution in [1.82, 2.24) is 0 Å². The number of rotatable bonds is 8. The Kier molecular flexibility index (Phi) is 14.2. The van der Waals surface area contributed by atoms with E-state index in [0.717, 1.165) is 12.2 Å². The van der Waals surface area contributed by atoms with E-state index in [1.807, 2.05) is 0 Å². The van der Waals surface area contributed by atoms with Crippen LogP contribution in [0.2, 0.25) is 0 Å².